The first-order valence-corrected chi connectivity index (χ1v) is 7.79. The third kappa shape index (κ3) is 2.76. The molecule has 0 aliphatic rings. The highest BCUT2D eigenvalue weighted by Crippen LogP contribution is 2.40. The van der Waals surface area contributed by atoms with Gasteiger partial charge >= 0.3 is 0 Å². The molecule has 0 heterocycles. The zero-order valence-corrected chi connectivity index (χ0v) is 14.0. The van der Waals surface area contributed by atoms with Crippen LogP contribution in [0.3, 0.4) is 0 Å². The minimum atomic E-state index is -0.960. The molecule has 122 valence electrons. The molecule has 0 atom stereocenters. The molecule has 0 amide bonds. The zero-order chi connectivity index (χ0) is 17.3. The van der Waals surface area contributed by atoms with Gasteiger partial charge in [-0.3, -0.25) is 0 Å². The summed E-state index contributed by atoms with van der Waals surface area (Å²) >= 11 is 6.31. The molecule has 0 fully saturated rings. The lowest BCUT2D eigenvalue weighted by atomic mass is 9.96. The molecule has 0 saturated heterocycles. The van der Waals surface area contributed by atoms with Gasteiger partial charge in [-0.15, -0.1) is 0 Å². The van der Waals surface area contributed by atoms with Crippen molar-refractivity contribution in [2.24, 2.45) is 0 Å². The Labute approximate surface area is 144 Å². The first-order chi connectivity index (χ1) is 11.5. The highest BCUT2D eigenvalue weighted by Gasteiger charge is 2.22. The van der Waals surface area contributed by atoms with Gasteiger partial charge in [0, 0.05) is 16.7 Å². The maximum atomic E-state index is 14.8. The van der Waals surface area contributed by atoms with Gasteiger partial charge in [-0.05, 0) is 30.2 Å². The van der Waals surface area contributed by atoms with Gasteiger partial charge in [-0.2, -0.15) is 0 Å². The molecule has 0 aromatic heterocycles. The summed E-state index contributed by atoms with van der Waals surface area (Å²) in [6.45, 7) is 1.83. The van der Waals surface area contributed by atoms with Crippen LogP contribution in [0.2, 0.25) is 5.02 Å². The van der Waals surface area contributed by atoms with Crippen LogP contribution in [0.15, 0.2) is 54.6 Å². The Kier molecular flexibility index (Phi) is 4.54. The summed E-state index contributed by atoms with van der Waals surface area (Å²) in [5.41, 5.74) is 2.00. The number of hydrogen-bond donors (Lipinski definition) is 0. The SMILES string of the molecule is COc1ccccc1-c1cc(Cl)c(-c2ccccc2C)c(F)c1F. The second-order valence-electron chi connectivity index (χ2n) is 5.42. The van der Waals surface area contributed by atoms with Crippen LogP contribution in [-0.4, -0.2) is 7.11 Å². The fourth-order valence-electron chi connectivity index (χ4n) is 2.76. The average molecular weight is 345 g/mol. The summed E-state index contributed by atoms with van der Waals surface area (Å²) in [5.74, 6) is -1.45. The predicted octanol–water partition coefficient (Wildman–Crippen LogP) is 6.27. The van der Waals surface area contributed by atoms with Gasteiger partial charge < -0.3 is 4.74 Å². The van der Waals surface area contributed by atoms with Gasteiger partial charge in [0.1, 0.15) is 5.75 Å². The number of halogens is 3. The summed E-state index contributed by atoms with van der Waals surface area (Å²) in [6, 6.07) is 15.5. The molecule has 0 aliphatic carbocycles. The lowest BCUT2D eigenvalue weighted by Gasteiger charge is -2.15. The van der Waals surface area contributed by atoms with Crippen LogP contribution in [0.25, 0.3) is 22.3 Å². The Morgan fingerprint density at radius 3 is 2.12 bits per heavy atom. The van der Waals surface area contributed by atoms with Gasteiger partial charge in [0.2, 0.25) is 0 Å². The maximum absolute atomic E-state index is 14.8. The minimum absolute atomic E-state index is 0.0749. The molecule has 0 spiro atoms. The van der Waals surface area contributed by atoms with Crippen molar-refractivity contribution < 1.29 is 13.5 Å². The molecule has 24 heavy (non-hydrogen) atoms. The molecule has 4 heteroatoms. The van der Waals surface area contributed by atoms with Crippen LogP contribution in [0, 0.1) is 18.6 Å². The molecular formula is C20H15ClF2O. The Morgan fingerprint density at radius 2 is 1.46 bits per heavy atom. The van der Waals surface area contributed by atoms with Crippen molar-refractivity contribution in [3.8, 4) is 28.0 Å². The largest absolute Gasteiger partial charge is 0.496 e. The van der Waals surface area contributed by atoms with Gasteiger partial charge in [0.15, 0.2) is 11.6 Å². The molecule has 0 bridgehead atoms. The summed E-state index contributed by atoms with van der Waals surface area (Å²) in [7, 11) is 1.48. The van der Waals surface area contributed by atoms with Crippen LogP contribution in [-0.2, 0) is 0 Å². The van der Waals surface area contributed by atoms with Gasteiger partial charge in [0.05, 0.1) is 12.1 Å². The smallest absolute Gasteiger partial charge is 0.168 e. The van der Waals surface area contributed by atoms with Crippen LogP contribution in [0.5, 0.6) is 5.75 Å². The highest BCUT2D eigenvalue weighted by molar-refractivity contribution is 6.33. The minimum Gasteiger partial charge on any atom is -0.496 e. The molecule has 0 saturated carbocycles. The number of benzene rings is 3. The summed E-state index contributed by atoms with van der Waals surface area (Å²) in [6.07, 6.45) is 0. The average Bonchev–Trinajstić information content (AvgIpc) is 2.60. The lowest BCUT2D eigenvalue weighted by molar-refractivity contribution is 0.416. The molecule has 0 aliphatic heterocycles. The highest BCUT2D eigenvalue weighted by atomic mass is 35.5. The Morgan fingerprint density at radius 1 is 0.833 bits per heavy atom. The summed E-state index contributed by atoms with van der Waals surface area (Å²) < 4.78 is 34.8. The van der Waals surface area contributed by atoms with Crippen molar-refractivity contribution in [1.82, 2.24) is 0 Å². The zero-order valence-electron chi connectivity index (χ0n) is 13.2. The molecular weight excluding hydrogens is 330 g/mol. The molecule has 3 aromatic carbocycles. The number of rotatable bonds is 3. The summed E-state index contributed by atoms with van der Waals surface area (Å²) in [4.78, 5) is 0. The second-order valence-corrected chi connectivity index (χ2v) is 5.83. The van der Waals surface area contributed by atoms with Gasteiger partial charge in [-0.1, -0.05) is 54.1 Å². The number of para-hydroxylation sites is 1. The van der Waals surface area contributed by atoms with E-state index >= 15 is 0 Å². The summed E-state index contributed by atoms with van der Waals surface area (Å²) in [5, 5.41) is 0.157. The van der Waals surface area contributed by atoms with E-state index in [1.807, 2.05) is 19.1 Å². The van der Waals surface area contributed by atoms with Gasteiger partial charge in [0.25, 0.3) is 0 Å². The third-order valence-corrected chi connectivity index (χ3v) is 4.27. The topological polar surface area (TPSA) is 9.23 Å². The van der Waals surface area contributed by atoms with E-state index in [1.165, 1.54) is 13.2 Å². The second kappa shape index (κ2) is 6.62. The van der Waals surface area contributed by atoms with E-state index in [9.17, 15) is 8.78 Å². The third-order valence-electron chi connectivity index (χ3n) is 3.97. The Balaban J connectivity index is 2.26. The van der Waals surface area contributed by atoms with E-state index in [1.54, 1.807) is 36.4 Å². The van der Waals surface area contributed by atoms with E-state index < -0.39 is 11.6 Å². The molecule has 0 radical (unpaired) electrons. The maximum Gasteiger partial charge on any atom is 0.168 e. The van der Waals surface area contributed by atoms with Crippen molar-refractivity contribution in [2.75, 3.05) is 7.11 Å². The first-order valence-electron chi connectivity index (χ1n) is 7.41. The van der Waals surface area contributed by atoms with E-state index in [-0.39, 0.29) is 16.1 Å². The van der Waals surface area contributed by atoms with E-state index in [0.29, 0.717) is 16.9 Å². The van der Waals surface area contributed by atoms with Crippen molar-refractivity contribution >= 4 is 11.6 Å². The molecule has 1 nitrogen and oxygen atoms in total. The molecule has 3 rings (SSSR count). The van der Waals surface area contributed by atoms with Crippen LogP contribution in [0.1, 0.15) is 5.56 Å². The van der Waals surface area contributed by atoms with Crippen molar-refractivity contribution in [1.29, 1.82) is 0 Å². The molecule has 0 N–H and O–H groups in total. The number of hydrogen-bond acceptors (Lipinski definition) is 1. The van der Waals surface area contributed by atoms with E-state index in [2.05, 4.69) is 0 Å². The number of aryl methyl sites for hydroxylation is 1. The van der Waals surface area contributed by atoms with Crippen molar-refractivity contribution in [3.05, 3.63) is 76.8 Å². The molecule has 3 aromatic rings. The predicted molar refractivity (Wildman–Crippen MR) is 93.5 cm³/mol. The standard InChI is InChI=1S/C20H15ClF2O/c1-12-7-3-4-8-13(12)18-16(21)11-15(19(22)20(18)23)14-9-5-6-10-17(14)24-2/h3-11H,1-2H3. The quantitative estimate of drug-likeness (QED) is 0.509. The monoisotopic (exact) mass is 344 g/mol. The fraction of sp³-hybridized carbons (Fsp3) is 0.100. The Hall–Kier alpha value is -2.39. The number of ether oxygens (including phenoxy) is 1. The van der Waals surface area contributed by atoms with Gasteiger partial charge in [-0.25, -0.2) is 8.78 Å². The van der Waals surface area contributed by atoms with E-state index in [0.717, 1.165) is 5.56 Å². The number of methoxy groups -OCH3 is 1. The molecule has 0 unspecified atom stereocenters. The van der Waals surface area contributed by atoms with Crippen LogP contribution in [0.4, 0.5) is 8.78 Å². The first kappa shape index (κ1) is 16.5. The Bertz CT molecular complexity index is 906. The lowest BCUT2D eigenvalue weighted by Crippen LogP contribution is -1.98. The van der Waals surface area contributed by atoms with Crippen molar-refractivity contribution in [2.45, 2.75) is 6.92 Å². The fourth-order valence-corrected chi connectivity index (χ4v) is 3.05. The normalized spacial score (nSPS) is 10.7. The van der Waals surface area contributed by atoms with Crippen molar-refractivity contribution in [3.63, 3.8) is 0 Å². The van der Waals surface area contributed by atoms with Crippen LogP contribution >= 0.6 is 11.6 Å². The van der Waals surface area contributed by atoms with Crippen LogP contribution < -0.4 is 4.74 Å². The van der Waals surface area contributed by atoms with E-state index in [4.69, 9.17) is 16.3 Å².